The summed E-state index contributed by atoms with van der Waals surface area (Å²) >= 11 is 0. The van der Waals surface area contributed by atoms with Gasteiger partial charge in [-0.1, -0.05) is 64.0 Å². The minimum Gasteiger partial charge on any atom is -0.429 e. The highest BCUT2D eigenvalue weighted by Gasteiger charge is 2.35. The highest BCUT2D eigenvalue weighted by Crippen LogP contribution is 2.43. The van der Waals surface area contributed by atoms with Crippen LogP contribution in [0.1, 0.15) is 95.1 Å². The van der Waals surface area contributed by atoms with Crippen LogP contribution in [0.15, 0.2) is 48.5 Å². The number of rotatable bonds is 11. The number of hydrogen-bond acceptors (Lipinski definition) is 2. The molecule has 0 heterocycles. The van der Waals surface area contributed by atoms with Gasteiger partial charge in [0.1, 0.15) is 11.5 Å². The second-order valence-electron chi connectivity index (χ2n) is 11.6. The molecule has 7 heteroatoms. The van der Waals surface area contributed by atoms with Gasteiger partial charge in [-0.2, -0.15) is 8.78 Å². The van der Waals surface area contributed by atoms with E-state index < -0.39 is 18.2 Å². The molecule has 0 N–H and O–H groups in total. The molecule has 0 spiro atoms. The Hall–Kier alpha value is -2.31. The van der Waals surface area contributed by atoms with Crippen LogP contribution < -0.4 is 9.47 Å². The van der Waals surface area contributed by atoms with E-state index >= 15 is 0 Å². The van der Waals surface area contributed by atoms with Crippen molar-refractivity contribution in [3.8, 4) is 11.5 Å². The van der Waals surface area contributed by atoms with Crippen LogP contribution in [0.3, 0.4) is 0 Å². The van der Waals surface area contributed by atoms with Gasteiger partial charge < -0.3 is 9.47 Å². The van der Waals surface area contributed by atoms with E-state index in [9.17, 15) is 22.0 Å². The Morgan fingerprint density at radius 1 is 0.641 bits per heavy atom. The zero-order valence-electron chi connectivity index (χ0n) is 22.8. The van der Waals surface area contributed by atoms with E-state index in [0.29, 0.717) is 5.92 Å². The molecule has 2 nitrogen and oxygen atoms in total. The smallest absolute Gasteiger partial charge is 0.429 e. The Labute approximate surface area is 229 Å². The number of unbranched alkanes of at least 4 members (excludes halogenated alkanes) is 1. The lowest BCUT2D eigenvalue weighted by Crippen LogP contribution is -2.26. The van der Waals surface area contributed by atoms with Gasteiger partial charge >= 0.3 is 12.5 Å². The molecule has 2 aliphatic carbocycles. The van der Waals surface area contributed by atoms with E-state index in [1.54, 1.807) is 12.1 Å². The summed E-state index contributed by atoms with van der Waals surface area (Å²) in [4.78, 5) is 0. The summed E-state index contributed by atoms with van der Waals surface area (Å²) in [6.45, 7) is 2.28. The lowest BCUT2D eigenvalue weighted by atomic mass is 9.68. The molecule has 216 valence electrons. The zero-order valence-corrected chi connectivity index (χ0v) is 22.8. The lowest BCUT2D eigenvalue weighted by Gasteiger charge is -2.38. The van der Waals surface area contributed by atoms with Crippen molar-refractivity contribution in [1.82, 2.24) is 0 Å². The van der Waals surface area contributed by atoms with Gasteiger partial charge in [0.25, 0.3) is 0 Å². The normalized spacial score (nSPS) is 24.4. The van der Waals surface area contributed by atoms with Crippen LogP contribution in [-0.2, 0) is 12.5 Å². The van der Waals surface area contributed by atoms with Crippen molar-refractivity contribution in [2.45, 2.75) is 103 Å². The Bertz CT molecular complexity index is 987. The van der Waals surface area contributed by atoms with Crippen molar-refractivity contribution in [3.63, 3.8) is 0 Å². The molecule has 0 bridgehead atoms. The van der Waals surface area contributed by atoms with Crippen LogP contribution in [0.4, 0.5) is 22.0 Å². The van der Waals surface area contributed by atoms with Gasteiger partial charge in [-0.05, 0) is 104 Å². The quantitative estimate of drug-likeness (QED) is 0.258. The summed E-state index contributed by atoms with van der Waals surface area (Å²) in [5.74, 6) is 2.73. The maximum Gasteiger partial charge on any atom is 0.573 e. The first-order valence-electron chi connectivity index (χ1n) is 14.6. The number of aryl methyl sites for hydroxylation is 1. The van der Waals surface area contributed by atoms with E-state index in [1.165, 1.54) is 82.8 Å². The monoisotopic (exact) mass is 552 g/mol. The number of alkyl halides is 5. The van der Waals surface area contributed by atoms with E-state index in [1.807, 2.05) is 0 Å². The average Bonchev–Trinajstić information content (AvgIpc) is 2.92. The molecular formula is C32H41F5O2. The fourth-order valence-electron chi connectivity index (χ4n) is 6.54. The first-order valence-corrected chi connectivity index (χ1v) is 14.6. The van der Waals surface area contributed by atoms with Crippen molar-refractivity contribution in [1.29, 1.82) is 0 Å². The van der Waals surface area contributed by atoms with Gasteiger partial charge in [0.05, 0.1) is 5.56 Å². The van der Waals surface area contributed by atoms with E-state index in [0.717, 1.165) is 60.4 Å². The molecule has 0 atom stereocenters. The maximum atomic E-state index is 14.7. The van der Waals surface area contributed by atoms with Gasteiger partial charge in [-0.15, -0.1) is 13.2 Å². The summed E-state index contributed by atoms with van der Waals surface area (Å²) in [5, 5.41) is 0. The van der Waals surface area contributed by atoms with Crippen LogP contribution >= 0.6 is 0 Å². The molecule has 0 unspecified atom stereocenters. The molecule has 2 saturated carbocycles. The van der Waals surface area contributed by atoms with Crippen LogP contribution in [0.2, 0.25) is 0 Å². The molecule has 0 aromatic heterocycles. The Morgan fingerprint density at radius 3 is 1.62 bits per heavy atom. The fourth-order valence-corrected chi connectivity index (χ4v) is 6.54. The SMILES string of the molecule is CCCC[C@H]1CC[C@H](C2CCC(CCc3ccc(C(F)(F)Oc4ccc(OC(F)(F)F)cc4)cc3)CC2)CC1. The van der Waals surface area contributed by atoms with Crippen LogP contribution in [0, 0.1) is 23.7 Å². The molecule has 2 fully saturated rings. The first kappa shape index (κ1) is 29.7. The topological polar surface area (TPSA) is 18.5 Å². The molecule has 2 aromatic carbocycles. The van der Waals surface area contributed by atoms with Crippen LogP contribution in [-0.4, -0.2) is 6.36 Å². The predicted molar refractivity (Wildman–Crippen MR) is 143 cm³/mol. The summed E-state index contributed by atoms with van der Waals surface area (Å²) in [6, 6.07) is 10.1. The second kappa shape index (κ2) is 13.4. The Morgan fingerprint density at radius 2 is 1.13 bits per heavy atom. The van der Waals surface area contributed by atoms with Crippen LogP contribution in [0.5, 0.6) is 11.5 Å². The third-order valence-electron chi connectivity index (χ3n) is 8.85. The molecule has 2 aromatic rings. The van der Waals surface area contributed by atoms with Crippen molar-refractivity contribution < 1.29 is 31.4 Å². The molecule has 2 aliphatic rings. The van der Waals surface area contributed by atoms with Crippen molar-refractivity contribution >= 4 is 0 Å². The highest BCUT2D eigenvalue weighted by molar-refractivity contribution is 5.33. The van der Waals surface area contributed by atoms with Crippen molar-refractivity contribution in [3.05, 3.63) is 59.7 Å². The number of ether oxygens (including phenoxy) is 2. The van der Waals surface area contributed by atoms with E-state index in [-0.39, 0.29) is 11.3 Å². The molecular weight excluding hydrogens is 511 g/mol. The molecule has 0 radical (unpaired) electrons. The second-order valence-corrected chi connectivity index (χ2v) is 11.6. The molecule has 4 rings (SSSR count). The minimum atomic E-state index is -4.85. The summed E-state index contributed by atoms with van der Waals surface area (Å²) in [7, 11) is 0. The van der Waals surface area contributed by atoms with Gasteiger partial charge in [-0.25, -0.2) is 0 Å². The van der Waals surface area contributed by atoms with Gasteiger partial charge in [0.15, 0.2) is 0 Å². The third kappa shape index (κ3) is 9.11. The fraction of sp³-hybridized carbons (Fsp3) is 0.625. The van der Waals surface area contributed by atoms with E-state index in [4.69, 9.17) is 4.74 Å². The standard InChI is InChI=1S/C32H41F5O2/c1-2-3-4-23-7-13-26(14-8-23)27-15-9-24(10-16-27)5-6-25-11-17-28(18-12-25)31(33,34)38-29-19-21-30(22-20-29)39-32(35,36)37/h11-12,17-24,26-27H,2-10,13-16H2,1H3/t23-,24?,26-,27?. The average molecular weight is 553 g/mol. The number of halogens is 5. The number of benzene rings is 2. The zero-order chi connectivity index (χ0) is 27.9. The maximum absolute atomic E-state index is 14.7. The van der Waals surface area contributed by atoms with Gasteiger partial charge in [0.2, 0.25) is 0 Å². The molecule has 0 saturated heterocycles. The lowest BCUT2D eigenvalue weighted by molar-refractivity contribution is -0.274. The first-order chi connectivity index (χ1) is 18.6. The molecule has 0 aliphatic heterocycles. The third-order valence-corrected chi connectivity index (χ3v) is 8.85. The highest BCUT2D eigenvalue weighted by atomic mass is 19.4. The van der Waals surface area contributed by atoms with E-state index in [2.05, 4.69) is 11.7 Å². The predicted octanol–water partition coefficient (Wildman–Crippen LogP) is 10.4. The van der Waals surface area contributed by atoms with Crippen molar-refractivity contribution in [2.75, 3.05) is 0 Å². The van der Waals surface area contributed by atoms with Gasteiger partial charge in [-0.3, -0.25) is 0 Å². The van der Waals surface area contributed by atoms with Gasteiger partial charge in [0, 0.05) is 0 Å². The minimum absolute atomic E-state index is 0.251. The largest absolute Gasteiger partial charge is 0.573 e. The summed E-state index contributed by atoms with van der Waals surface area (Å²) in [6.07, 6.45) is 8.49. The molecule has 0 amide bonds. The summed E-state index contributed by atoms with van der Waals surface area (Å²) < 4.78 is 74.7. The van der Waals surface area contributed by atoms with Crippen LogP contribution in [0.25, 0.3) is 0 Å². The van der Waals surface area contributed by atoms with Crippen molar-refractivity contribution in [2.24, 2.45) is 23.7 Å². The summed E-state index contributed by atoms with van der Waals surface area (Å²) in [5.41, 5.74) is 0.725. The Kier molecular flexibility index (Phi) is 10.2. The molecule has 39 heavy (non-hydrogen) atoms. The number of hydrogen-bond donors (Lipinski definition) is 0. The Balaban J connectivity index is 1.19.